The van der Waals surface area contributed by atoms with E-state index in [1.54, 1.807) is 11.3 Å². The van der Waals surface area contributed by atoms with Crippen LogP contribution in [0.25, 0.3) is 10.7 Å². The highest BCUT2D eigenvalue weighted by atomic mass is 32.1. The van der Waals surface area contributed by atoms with Crippen LogP contribution in [0.3, 0.4) is 0 Å². The molecule has 2 N–H and O–H groups in total. The van der Waals surface area contributed by atoms with Gasteiger partial charge in [0.25, 0.3) is 0 Å². The van der Waals surface area contributed by atoms with Crippen LogP contribution >= 0.6 is 11.3 Å². The monoisotopic (exact) mass is 263 g/mol. The van der Waals surface area contributed by atoms with Crippen molar-refractivity contribution in [2.45, 2.75) is 20.8 Å². The largest absolute Gasteiger partial charge is 0.368 e. The Bertz CT molecular complexity index is 533. The van der Waals surface area contributed by atoms with E-state index in [2.05, 4.69) is 46.7 Å². The first-order valence-electron chi connectivity index (χ1n) is 5.97. The van der Waals surface area contributed by atoms with Crippen molar-refractivity contribution >= 4 is 23.2 Å². The summed E-state index contributed by atoms with van der Waals surface area (Å²) >= 11 is 1.66. The van der Waals surface area contributed by atoms with Gasteiger partial charge in [-0.15, -0.1) is 11.3 Å². The summed E-state index contributed by atoms with van der Waals surface area (Å²) in [4.78, 5) is 17.2. The van der Waals surface area contributed by atoms with Crippen LogP contribution in [-0.2, 0) is 0 Å². The molecule has 0 saturated heterocycles. The van der Waals surface area contributed by atoms with E-state index in [1.165, 1.54) is 4.88 Å². The van der Waals surface area contributed by atoms with Gasteiger partial charge in [-0.1, -0.05) is 0 Å². The second-order valence-corrected chi connectivity index (χ2v) is 5.19. The molecule has 2 aromatic rings. The maximum Gasteiger partial charge on any atom is 0.230 e. The van der Waals surface area contributed by atoms with Crippen LogP contribution in [0.4, 0.5) is 11.9 Å². The summed E-state index contributed by atoms with van der Waals surface area (Å²) in [6.07, 6.45) is 0. The van der Waals surface area contributed by atoms with Gasteiger partial charge in [-0.2, -0.15) is 15.0 Å². The lowest BCUT2D eigenvalue weighted by molar-refractivity contribution is 0.816. The fourth-order valence-electron chi connectivity index (χ4n) is 1.69. The average Bonchev–Trinajstić information content (AvgIpc) is 2.77. The fourth-order valence-corrected chi connectivity index (χ4v) is 2.50. The number of hydrogen-bond donors (Lipinski definition) is 1. The third-order valence-electron chi connectivity index (χ3n) is 2.65. The molecule has 0 aromatic carbocycles. The maximum atomic E-state index is 5.77. The van der Waals surface area contributed by atoms with E-state index in [-0.39, 0.29) is 5.95 Å². The number of hydrogen-bond acceptors (Lipinski definition) is 6. The van der Waals surface area contributed by atoms with E-state index in [0.717, 1.165) is 18.0 Å². The van der Waals surface area contributed by atoms with Gasteiger partial charge in [0.15, 0.2) is 5.82 Å². The zero-order valence-electron chi connectivity index (χ0n) is 10.8. The van der Waals surface area contributed by atoms with Gasteiger partial charge in [-0.05, 0) is 32.9 Å². The zero-order chi connectivity index (χ0) is 13.1. The van der Waals surface area contributed by atoms with Crippen LogP contribution in [-0.4, -0.2) is 28.0 Å². The molecule has 5 nitrogen and oxygen atoms in total. The Morgan fingerprint density at radius 1 is 1.17 bits per heavy atom. The van der Waals surface area contributed by atoms with Crippen molar-refractivity contribution in [3.05, 3.63) is 17.0 Å². The Morgan fingerprint density at radius 3 is 2.44 bits per heavy atom. The number of anilines is 2. The predicted molar refractivity (Wildman–Crippen MR) is 75.9 cm³/mol. The second kappa shape index (κ2) is 5.30. The van der Waals surface area contributed by atoms with Crippen LogP contribution in [0.5, 0.6) is 0 Å². The number of nitrogen functional groups attached to an aromatic ring is 1. The van der Waals surface area contributed by atoms with Gasteiger partial charge in [0.05, 0.1) is 4.88 Å². The molecule has 0 aliphatic rings. The lowest BCUT2D eigenvalue weighted by Crippen LogP contribution is -2.25. The summed E-state index contributed by atoms with van der Waals surface area (Å²) in [7, 11) is 0. The second-order valence-electron chi connectivity index (χ2n) is 3.90. The summed E-state index contributed by atoms with van der Waals surface area (Å²) in [5, 5.41) is 0. The highest BCUT2D eigenvalue weighted by Crippen LogP contribution is 2.26. The molecule has 2 aromatic heterocycles. The number of aromatic nitrogens is 3. The Kier molecular flexibility index (Phi) is 3.76. The van der Waals surface area contributed by atoms with Gasteiger partial charge >= 0.3 is 0 Å². The molecular weight excluding hydrogens is 246 g/mol. The molecule has 0 saturated carbocycles. The van der Waals surface area contributed by atoms with Crippen molar-refractivity contribution in [1.29, 1.82) is 0 Å². The smallest absolute Gasteiger partial charge is 0.230 e. The van der Waals surface area contributed by atoms with Crippen LogP contribution in [0.2, 0.25) is 0 Å². The Morgan fingerprint density at radius 2 is 1.89 bits per heavy atom. The SMILES string of the molecule is CCN(CC)c1nc(N)nc(-c2ccc(C)s2)n1. The molecule has 0 fully saturated rings. The zero-order valence-corrected chi connectivity index (χ0v) is 11.7. The van der Waals surface area contributed by atoms with Gasteiger partial charge in [0, 0.05) is 18.0 Å². The molecule has 2 rings (SSSR count). The summed E-state index contributed by atoms with van der Waals surface area (Å²) in [5.41, 5.74) is 5.77. The summed E-state index contributed by atoms with van der Waals surface area (Å²) in [6.45, 7) is 7.90. The maximum absolute atomic E-state index is 5.77. The molecule has 0 bridgehead atoms. The molecule has 96 valence electrons. The first-order chi connectivity index (χ1) is 8.63. The van der Waals surface area contributed by atoms with E-state index in [9.17, 15) is 0 Å². The van der Waals surface area contributed by atoms with Gasteiger partial charge in [0.2, 0.25) is 11.9 Å². The average molecular weight is 263 g/mol. The number of nitrogens with two attached hydrogens (primary N) is 1. The molecule has 0 aliphatic carbocycles. The predicted octanol–water partition coefficient (Wildman–Crippen LogP) is 2.34. The Balaban J connectivity index is 2.43. The summed E-state index contributed by atoms with van der Waals surface area (Å²) in [6, 6.07) is 4.07. The number of thiophene rings is 1. The Hall–Kier alpha value is -1.69. The molecule has 0 aliphatic heterocycles. The molecule has 18 heavy (non-hydrogen) atoms. The van der Waals surface area contributed by atoms with Crippen LogP contribution in [0, 0.1) is 6.92 Å². The quantitative estimate of drug-likeness (QED) is 0.917. The molecular formula is C12H17N5S. The number of nitrogens with zero attached hydrogens (tertiary/aromatic N) is 4. The van der Waals surface area contributed by atoms with E-state index in [1.807, 2.05) is 6.07 Å². The third kappa shape index (κ3) is 2.59. The minimum absolute atomic E-state index is 0.271. The summed E-state index contributed by atoms with van der Waals surface area (Å²) in [5.74, 6) is 1.57. The standard InChI is InChI=1S/C12H17N5S/c1-4-17(5-2)12-15-10(14-11(13)16-12)9-7-6-8(3)18-9/h6-7H,4-5H2,1-3H3,(H2,13,14,15,16). The van der Waals surface area contributed by atoms with Crippen molar-refractivity contribution in [3.63, 3.8) is 0 Å². The van der Waals surface area contributed by atoms with Crippen LogP contribution in [0.1, 0.15) is 18.7 Å². The summed E-state index contributed by atoms with van der Waals surface area (Å²) < 4.78 is 0. The van der Waals surface area contributed by atoms with Crippen LogP contribution in [0.15, 0.2) is 12.1 Å². The molecule has 0 unspecified atom stereocenters. The van der Waals surface area contributed by atoms with Gasteiger partial charge < -0.3 is 10.6 Å². The lowest BCUT2D eigenvalue weighted by atomic mass is 10.4. The van der Waals surface area contributed by atoms with Crippen LogP contribution < -0.4 is 10.6 Å². The van der Waals surface area contributed by atoms with Crippen molar-refractivity contribution in [3.8, 4) is 10.7 Å². The van der Waals surface area contributed by atoms with Gasteiger partial charge in [-0.25, -0.2) is 0 Å². The molecule has 0 spiro atoms. The van der Waals surface area contributed by atoms with E-state index < -0.39 is 0 Å². The number of rotatable bonds is 4. The normalized spacial score (nSPS) is 10.6. The third-order valence-corrected chi connectivity index (χ3v) is 3.64. The topological polar surface area (TPSA) is 67.9 Å². The minimum Gasteiger partial charge on any atom is -0.368 e. The Labute approximate surface area is 111 Å². The van der Waals surface area contributed by atoms with E-state index in [4.69, 9.17) is 5.73 Å². The van der Waals surface area contributed by atoms with Crippen molar-refractivity contribution in [2.75, 3.05) is 23.7 Å². The molecule has 0 radical (unpaired) electrons. The van der Waals surface area contributed by atoms with E-state index in [0.29, 0.717) is 11.8 Å². The first kappa shape index (κ1) is 12.8. The lowest BCUT2D eigenvalue weighted by Gasteiger charge is -2.18. The minimum atomic E-state index is 0.271. The molecule has 2 heterocycles. The van der Waals surface area contributed by atoms with Gasteiger partial charge in [-0.3, -0.25) is 0 Å². The molecule has 0 amide bonds. The molecule has 6 heteroatoms. The van der Waals surface area contributed by atoms with Crippen molar-refractivity contribution in [1.82, 2.24) is 15.0 Å². The van der Waals surface area contributed by atoms with Crippen molar-refractivity contribution < 1.29 is 0 Å². The van der Waals surface area contributed by atoms with Crippen molar-refractivity contribution in [2.24, 2.45) is 0 Å². The molecule has 0 atom stereocenters. The van der Waals surface area contributed by atoms with E-state index >= 15 is 0 Å². The highest BCUT2D eigenvalue weighted by molar-refractivity contribution is 7.15. The fraction of sp³-hybridized carbons (Fsp3) is 0.417. The highest BCUT2D eigenvalue weighted by Gasteiger charge is 2.12. The van der Waals surface area contributed by atoms with Gasteiger partial charge in [0.1, 0.15) is 0 Å². The first-order valence-corrected chi connectivity index (χ1v) is 6.79. The number of aryl methyl sites for hydroxylation is 1.